The molecular weight excluding hydrogens is 426 g/mol. The van der Waals surface area contributed by atoms with Gasteiger partial charge in [-0.2, -0.15) is 0 Å². The molecule has 0 unspecified atom stereocenters. The van der Waals surface area contributed by atoms with Crippen LogP contribution in [-0.4, -0.2) is 24.0 Å². The van der Waals surface area contributed by atoms with Gasteiger partial charge in [-0.25, -0.2) is 0 Å². The van der Waals surface area contributed by atoms with E-state index < -0.39 is 11.6 Å². The normalized spacial score (nSPS) is 18.3. The first-order chi connectivity index (χ1) is 9.96. The number of β-lactam (4-membered cyclic amide) rings is 1. The molecule has 0 radical (unpaired) electrons. The molecule has 1 heterocycles. The Morgan fingerprint density at radius 3 is 2.36 bits per heavy atom. The molecule has 1 aromatic rings. The molecule has 1 amide bonds. The fourth-order valence-electron chi connectivity index (χ4n) is 2.01. The number of nitrogens with zero attached hydrogens (tertiary/aromatic N) is 1. The zero-order valence-electron chi connectivity index (χ0n) is 13.7. The van der Waals surface area contributed by atoms with Crippen LogP contribution >= 0.6 is 31.9 Å². The molecule has 3 nitrogen and oxygen atoms in total. The first-order valence-electron chi connectivity index (χ1n) is 7.37. The second-order valence-corrected chi connectivity index (χ2v) is 15.9. The Morgan fingerprint density at radius 2 is 1.86 bits per heavy atom. The van der Waals surface area contributed by atoms with Crippen molar-refractivity contribution in [3.63, 3.8) is 0 Å². The summed E-state index contributed by atoms with van der Waals surface area (Å²) in [5, 5.41) is 0.176. The van der Waals surface area contributed by atoms with Crippen LogP contribution < -0.4 is 4.90 Å². The molecule has 1 aromatic carbocycles. The van der Waals surface area contributed by atoms with Crippen LogP contribution in [0.1, 0.15) is 26.3 Å². The number of hydrogen-bond acceptors (Lipinski definition) is 2. The Labute approximate surface area is 150 Å². The highest BCUT2D eigenvalue weighted by Crippen LogP contribution is 2.42. The molecule has 0 spiro atoms. The maximum atomic E-state index is 12.2. The first kappa shape index (κ1) is 18.2. The molecule has 0 bridgehead atoms. The highest BCUT2D eigenvalue weighted by atomic mass is 79.9. The molecule has 0 atom stereocenters. The second-order valence-electron chi connectivity index (χ2n) is 7.27. The summed E-state index contributed by atoms with van der Waals surface area (Å²) in [5.74, 6) is 0.0345. The van der Waals surface area contributed by atoms with Gasteiger partial charge in [0.15, 0.2) is 11.6 Å². The van der Waals surface area contributed by atoms with Gasteiger partial charge in [-0.15, -0.1) is 0 Å². The van der Waals surface area contributed by atoms with Crippen molar-refractivity contribution in [1.29, 1.82) is 0 Å². The molecule has 1 aliphatic heterocycles. The standard InChI is InChI=1S/C16H23Br2NO2Si/c1-15(2,3)22(4,5)21-10-12-8-6-7-9-13(12)19-11-16(17,18)14(19)20/h6-9H,10-11H2,1-5H3. The van der Waals surface area contributed by atoms with Crippen LogP contribution in [0.15, 0.2) is 24.3 Å². The number of alkyl halides is 2. The van der Waals surface area contributed by atoms with Crippen molar-refractivity contribution in [1.82, 2.24) is 0 Å². The van der Waals surface area contributed by atoms with Gasteiger partial charge >= 0.3 is 0 Å². The maximum absolute atomic E-state index is 12.2. The summed E-state index contributed by atoms with van der Waals surface area (Å²) in [6.07, 6.45) is 0. The zero-order chi connectivity index (χ0) is 16.8. The lowest BCUT2D eigenvalue weighted by atomic mass is 10.1. The number of carbonyl (C=O) groups is 1. The highest BCUT2D eigenvalue weighted by Gasteiger charge is 2.49. The number of para-hydroxylation sites is 1. The Morgan fingerprint density at radius 1 is 1.27 bits per heavy atom. The van der Waals surface area contributed by atoms with E-state index in [-0.39, 0.29) is 10.9 Å². The number of hydrogen-bond donors (Lipinski definition) is 0. The van der Waals surface area contributed by atoms with Crippen molar-refractivity contribution in [3.8, 4) is 0 Å². The third-order valence-corrected chi connectivity index (χ3v) is 10.3. The summed E-state index contributed by atoms with van der Waals surface area (Å²) >= 11 is 6.78. The van der Waals surface area contributed by atoms with Gasteiger partial charge in [-0.1, -0.05) is 70.8 Å². The van der Waals surface area contributed by atoms with Gasteiger partial charge < -0.3 is 9.33 Å². The molecule has 1 saturated heterocycles. The van der Waals surface area contributed by atoms with E-state index in [2.05, 4.69) is 65.7 Å². The molecule has 2 rings (SSSR count). The summed E-state index contributed by atoms with van der Waals surface area (Å²) < 4.78 is 5.70. The molecule has 1 fully saturated rings. The smallest absolute Gasteiger partial charge is 0.256 e. The molecule has 0 N–H and O–H groups in total. The third-order valence-electron chi connectivity index (χ3n) is 4.59. The van der Waals surface area contributed by atoms with Gasteiger partial charge in [0.25, 0.3) is 5.91 Å². The topological polar surface area (TPSA) is 29.5 Å². The molecule has 0 saturated carbocycles. The van der Waals surface area contributed by atoms with Crippen molar-refractivity contribution < 1.29 is 9.22 Å². The quantitative estimate of drug-likeness (QED) is 0.366. The Kier molecular flexibility index (Phi) is 4.99. The minimum Gasteiger partial charge on any atom is -0.412 e. The van der Waals surface area contributed by atoms with Crippen LogP contribution in [0, 0.1) is 0 Å². The van der Waals surface area contributed by atoms with E-state index in [0.29, 0.717) is 13.2 Å². The van der Waals surface area contributed by atoms with Gasteiger partial charge in [0.2, 0.25) is 0 Å². The average molecular weight is 449 g/mol. The van der Waals surface area contributed by atoms with Gasteiger partial charge in [-0.05, 0) is 24.2 Å². The fraction of sp³-hybridized carbons (Fsp3) is 0.562. The van der Waals surface area contributed by atoms with E-state index in [9.17, 15) is 4.79 Å². The second kappa shape index (κ2) is 6.04. The third kappa shape index (κ3) is 3.50. The summed E-state index contributed by atoms with van der Waals surface area (Å²) in [6.45, 7) is 12.3. The molecule has 122 valence electrons. The minimum atomic E-state index is -1.80. The SMILES string of the molecule is CC(C)(C)[Si](C)(C)OCc1ccccc1N1CC(Br)(Br)C1=O. The van der Waals surface area contributed by atoms with Crippen molar-refractivity contribution >= 4 is 51.8 Å². The largest absolute Gasteiger partial charge is 0.412 e. The van der Waals surface area contributed by atoms with Crippen LogP contribution in [0.4, 0.5) is 5.69 Å². The summed E-state index contributed by atoms with van der Waals surface area (Å²) in [4.78, 5) is 14.0. The van der Waals surface area contributed by atoms with Crippen molar-refractivity contribution in [2.45, 2.75) is 48.7 Å². The lowest BCUT2D eigenvalue weighted by Crippen LogP contribution is -2.60. The van der Waals surface area contributed by atoms with Gasteiger partial charge in [0.05, 0.1) is 13.2 Å². The number of benzene rings is 1. The van der Waals surface area contributed by atoms with Gasteiger partial charge in [0.1, 0.15) is 0 Å². The number of halogens is 2. The van der Waals surface area contributed by atoms with E-state index >= 15 is 0 Å². The van der Waals surface area contributed by atoms with Crippen LogP contribution in [0.3, 0.4) is 0 Å². The molecule has 0 aliphatic carbocycles. The van der Waals surface area contributed by atoms with Crippen LogP contribution in [0.2, 0.25) is 18.1 Å². The first-order valence-corrected chi connectivity index (χ1v) is 11.9. The van der Waals surface area contributed by atoms with Crippen LogP contribution in [0.5, 0.6) is 0 Å². The van der Waals surface area contributed by atoms with E-state index in [1.807, 2.05) is 24.3 Å². The van der Waals surface area contributed by atoms with Crippen LogP contribution in [-0.2, 0) is 15.8 Å². The highest BCUT2D eigenvalue weighted by molar-refractivity contribution is 9.26. The fourth-order valence-corrected chi connectivity index (χ4v) is 3.89. The van der Waals surface area contributed by atoms with E-state index in [4.69, 9.17) is 4.43 Å². The van der Waals surface area contributed by atoms with Crippen molar-refractivity contribution in [3.05, 3.63) is 29.8 Å². The number of rotatable bonds is 4. The summed E-state index contributed by atoms with van der Waals surface area (Å²) in [5.41, 5.74) is 2.01. The lowest BCUT2D eigenvalue weighted by molar-refractivity contribution is -0.122. The Bertz CT molecular complexity index is 582. The maximum Gasteiger partial charge on any atom is 0.256 e. The number of carbonyl (C=O) groups excluding carboxylic acids is 1. The van der Waals surface area contributed by atoms with Gasteiger partial charge in [-0.3, -0.25) is 4.79 Å². The molecule has 22 heavy (non-hydrogen) atoms. The molecular formula is C16H23Br2NO2Si. The summed E-state index contributed by atoms with van der Waals surface area (Å²) in [7, 11) is -1.80. The minimum absolute atomic E-state index is 0.0345. The zero-order valence-corrected chi connectivity index (χ0v) is 17.9. The summed E-state index contributed by atoms with van der Waals surface area (Å²) in [6, 6.07) is 7.98. The predicted octanol–water partition coefficient (Wildman–Crippen LogP) is 5.04. The van der Waals surface area contributed by atoms with E-state index in [1.165, 1.54) is 0 Å². The van der Waals surface area contributed by atoms with E-state index in [1.54, 1.807) is 4.90 Å². The van der Waals surface area contributed by atoms with Crippen LogP contribution in [0.25, 0.3) is 0 Å². The Hall–Kier alpha value is -0.173. The monoisotopic (exact) mass is 447 g/mol. The number of amides is 1. The predicted molar refractivity (Wildman–Crippen MR) is 101 cm³/mol. The average Bonchev–Trinajstić information content (AvgIpc) is 2.41. The lowest BCUT2D eigenvalue weighted by Gasteiger charge is -2.42. The van der Waals surface area contributed by atoms with Crippen molar-refractivity contribution in [2.75, 3.05) is 11.4 Å². The number of anilines is 1. The molecule has 6 heteroatoms. The van der Waals surface area contributed by atoms with E-state index in [0.717, 1.165) is 11.3 Å². The molecule has 0 aromatic heterocycles. The van der Waals surface area contributed by atoms with Gasteiger partial charge in [0, 0.05) is 11.3 Å². The molecule has 1 aliphatic rings. The Balaban J connectivity index is 2.16. The van der Waals surface area contributed by atoms with Crippen molar-refractivity contribution in [2.24, 2.45) is 0 Å².